The lowest BCUT2D eigenvalue weighted by atomic mass is 10.2. The Labute approximate surface area is 111 Å². The highest BCUT2D eigenvalue weighted by Gasteiger charge is 2.06. The van der Waals surface area contributed by atoms with Crippen molar-refractivity contribution in [1.29, 1.82) is 0 Å². The van der Waals surface area contributed by atoms with Crippen molar-refractivity contribution in [3.05, 3.63) is 40.6 Å². The van der Waals surface area contributed by atoms with Gasteiger partial charge in [0, 0.05) is 25.0 Å². The zero-order chi connectivity index (χ0) is 13.7. The molecule has 0 aromatic carbocycles. The van der Waals surface area contributed by atoms with E-state index in [9.17, 15) is 4.79 Å². The van der Waals surface area contributed by atoms with Gasteiger partial charge in [0.15, 0.2) is 11.6 Å². The second-order valence-electron chi connectivity index (χ2n) is 4.68. The fraction of sp³-hybridized carbons (Fsp3) is 0.385. The number of aromatic nitrogens is 4. The molecule has 0 saturated heterocycles. The normalized spacial score (nSPS) is 10.9. The molecule has 0 aliphatic rings. The maximum Gasteiger partial charge on any atom is 0.251 e. The minimum Gasteiger partial charge on any atom is -0.311 e. The first kappa shape index (κ1) is 13.4. The monoisotopic (exact) mass is 259 g/mol. The van der Waals surface area contributed by atoms with E-state index in [0.717, 1.165) is 6.54 Å². The molecule has 0 unspecified atom stereocenters. The highest BCUT2D eigenvalue weighted by atomic mass is 16.1. The quantitative estimate of drug-likeness (QED) is 0.836. The minimum atomic E-state index is -0.196. The average molecular weight is 259 g/mol. The van der Waals surface area contributed by atoms with Crippen LogP contribution in [0.15, 0.2) is 29.3 Å². The molecule has 0 saturated carbocycles. The van der Waals surface area contributed by atoms with Crippen LogP contribution < -0.4 is 10.9 Å². The first-order valence-electron chi connectivity index (χ1n) is 6.23. The molecule has 0 fully saturated rings. The van der Waals surface area contributed by atoms with Gasteiger partial charge in [-0.2, -0.15) is 0 Å². The van der Waals surface area contributed by atoms with Crippen LogP contribution in [0, 0.1) is 5.92 Å². The minimum absolute atomic E-state index is 0.196. The Bertz CT molecular complexity index is 579. The standard InChI is InChI=1S/C13H17N5O/c1-9(2)7-14-8-10-6-11(19)18-13(17-10)12-15-4-3-5-16-12/h3-6,9,14H,7-8H2,1-2H3,(H,17,18,19). The van der Waals surface area contributed by atoms with Crippen LogP contribution in [0.1, 0.15) is 19.5 Å². The summed E-state index contributed by atoms with van der Waals surface area (Å²) in [5, 5.41) is 3.25. The molecular weight excluding hydrogens is 242 g/mol. The third kappa shape index (κ3) is 3.96. The van der Waals surface area contributed by atoms with Crippen LogP contribution >= 0.6 is 0 Å². The van der Waals surface area contributed by atoms with Gasteiger partial charge in [0.25, 0.3) is 5.56 Å². The molecule has 6 heteroatoms. The SMILES string of the molecule is CC(C)CNCc1cc(=O)[nH]c(-c2ncccn2)n1. The van der Waals surface area contributed by atoms with Crippen LogP contribution in [0.5, 0.6) is 0 Å². The number of H-pyrrole nitrogens is 1. The summed E-state index contributed by atoms with van der Waals surface area (Å²) >= 11 is 0. The van der Waals surface area contributed by atoms with Crippen molar-refractivity contribution in [2.75, 3.05) is 6.54 Å². The van der Waals surface area contributed by atoms with Crippen molar-refractivity contribution in [2.24, 2.45) is 5.92 Å². The van der Waals surface area contributed by atoms with Crippen LogP contribution in [0.2, 0.25) is 0 Å². The molecule has 0 spiro atoms. The van der Waals surface area contributed by atoms with Crippen LogP contribution in [-0.2, 0) is 6.54 Å². The van der Waals surface area contributed by atoms with E-state index in [1.54, 1.807) is 18.5 Å². The van der Waals surface area contributed by atoms with Crippen molar-refractivity contribution in [3.8, 4) is 11.6 Å². The first-order valence-corrected chi connectivity index (χ1v) is 6.23. The largest absolute Gasteiger partial charge is 0.311 e. The van der Waals surface area contributed by atoms with E-state index < -0.39 is 0 Å². The molecule has 19 heavy (non-hydrogen) atoms. The van der Waals surface area contributed by atoms with Crippen molar-refractivity contribution in [1.82, 2.24) is 25.3 Å². The van der Waals surface area contributed by atoms with Gasteiger partial charge in [-0.15, -0.1) is 0 Å². The van der Waals surface area contributed by atoms with E-state index in [1.807, 2.05) is 0 Å². The van der Waals surface area contributed by atoms with Gasteiger partial charge in [0.05, 0.1) is 5.69 Å². The van der Waals surface area contributed by atoms with E-state index in [4.69, 9.17) is 0 Å². The molecule has 0 bridgehead atoms. The number of hydrogen-bond acceptors (Lipinski definition) is 5. The van der Waals surface area contributed by atoms with Crippen molar-refractivity contribution >= 4 is 0 Å². The summed E-state index contributed by atoms with van der Waals surface area (Å²) < 4.78 is 0. The smallest absolute Gasteiger partial charge is 0.251 e. The Morgan fingerprint density at radius 3 is 2.74 bits per heavy atom. The third-order valence-corrected chi connectivity index (χ3v) is 2.43. The summed E-state index contributed by atoms with van der Waals surface area (Å²) in [5.74, 6) is 1.37. The molecule has 2 N–H and O–H groups in total. The van der Waals surface area contributed by atoms with Gasteiger partial charge in [-0.25, -0.2) is 15.0 Å². The summed E-state index contributed by atoms with van der Waals surface area (Å²) in [6.07, 6.45) is 3.23. The lowest BCUT2D eigenvalue weighted by Gasteiger charge is -2.07. The van der Waals surface area contributed by atoms with Gasteiger partial charge in [-0.3, -0.25) is 4.79 Å². The summed E-state index contributed by atoms with van der Waals surface area (Å²) in [4.78, 5) is 26.8. The second-order valence-corrected chi connectivity index (χ2v) is 4.68. The number of hydrogen-bond donors (Lipinski definition) is 2. The second kappa shape index (κ2) is 6.19. The maximum atomic E-state index is 11.6. The highest BCUT2D eigenvalue weighted by Crippen LogP contribution is 2.05. The van der Waals surface area contributed by atoms with Crippen LogP contribution in [-0.4, -0.2) is 26.5 Å². The number of nitrogens with zero attached hydrogens (tertiary/aromatic N) is 3. The fourth-order valence-corrected chi connectivity index (χ4v) is 1.61. The molecule has 2 aromatic heterocycles. The van der Waals surface area contributed by atoms with Crippen LogP contribution in [0.4, 0.5) is 0 Å². The summed E-state index contributed by atoms with van der Waals surface area (Å²) in [7, 11) is 0. The summed E-state index contributed by atoms with van der Waals surface area (Å²) in [6, 6.07) is 3.20. The zero-order valence-electron chi connectivity index (χ0n) is 11.1. The third-order valence-electron chi connectivity index (χ3n) is 2.43. The Balaban J connectivity index is 2.18. The predicted octanol–water partition coefficient (Wildman–Crippen LogP) is 0.972. The van der Waals surface area contributed by atoms with Crippen LogP contribution in [0.25, 0.3) is 11.6 Å². The van der Waals surface area contributed by atoms with E-state index in [-0.39, 0.29) is 5.56 Å². The van der Waals surface area contributed by atoms with Gasteiger partial charge in [0.2, 0.25) is 0 Å². The zero-order valence-corrected chi connectivity index (χ0v) is 11.1. The average Bonchev–Trinajstić information content (AvgIpc) is 2.39. The molecule has 2 aromatic rings. The van der Waals surface area contributed by atoms with E-state index in [1.165, 1.54) is 6.07 Å². The molecule has 0 amide bonds. The van der Waals surface area contributed by atoms with Gasteiger partial charge in [-0.05, 0) is 18.5 Å². The van der Waals surface area contributed by atoms with Crippen LogP contribution in [0.3, 0.4) is 0 Å². The molecule has 0 aliphatic carbocycles. The molecule has 6 nitrogen and oxygen atoms in total. The molecule has 2 heterocycles. The van der Waals surface area contributed by atoms with E-state index in [0.29, 0.717) is 29.8 Å². The summed E-state index contributed by atoms with van der Waals surface area (Å²) in [6.45, 7) is 5.69. The Hall–Kier alpha value is -2.08. The summed E-state index contributed by atoms with van der Waals surface area (Å²) in [5.41, 5.74) is 0.491. The fourth-order valence-electron chi connectivity index (χ4n) is 1.61. The number of aromatic amines is 1. The molecule has 0 radical (unpaired) electrons. The van der Waals surface area contributed by atoms with Gasteiger partial charge < -0.3 is 10.3 Å². The molecule has 0 atom stereocenters. The lowest BCUT2D eigenvalue weighted by molar-refractivity contribution is 0.548. The van der Waals surface area contributed by atoms with Crippen molar-refractivity contribution in [2.45, 2.75) is 20.4 Å². The Morgan fingerprint density at radius 1 is 1.32 bits per heavy atom. The predicted molar refractivity (Wildman–Crippen MR) is 72.4 cm³/mol. The van der Waals surface area contributed by atoms with Crippen molar-refractivity contribution < 1.29 is 0 Å². The number of nitrogens with one attached hydrogen (secondary N) is 2. The molecular formula is C13H17N5O. The van der Waals surface area contributed by atoms with Crippen molar-refractivity contribution in [3.63, 3.8) is 0 Å². The Morgan fingerprint density at radius 2 is 2.05 bits per heavy atom. The highest BCUT2D eigenvalue weighted by molar-refractivity contribution is 5.41. The molecule has 2 rings (SSSR count). The van der Waals surface area contributed by atoms with E-state index in [2.05, 4.69) is 39.1 Å². The maximum absolute atomic E-state index is 11.6. The number of rotatable bonds is 5. The first-order chi connectivity index (χ1) is 9.15. The van der Waals surface area contributed by atoms with Gasteiger partial charge in [0.1, 0.15) is 0 Å². The van der Waals surface area contributed by atoms with Gasteiger partial charge in [-0.1, -0.05) is 13.8 Å². The lowest BCUT2D eigenvalue weighted by Crippen LogP contribution is -2.21. The topological polar surface area (TPSA) is 83.6 Å². The Kier molecular flexibility index (Phi) is 4.35. The van der Waals surface area contributed by atoms with E-state index >= 15 is 0 Å². The molecule has 100 valence electrons. The van der Waals surface area contributed by atoms with Gasteiger partial charge >= 0.3 is 0 Å². The molecule has 0 aliphatic heterocycles.